The Kier molecular flexibility index (Phi) is 3.60. The standard InChI is InChI=1S/C13H18N4O/c1-4-5-6-12(18)15-11-7-9(2)13-14-10(3)16-17(13)8-11/h7-8H,4-6H2,1-3H3,(H,15,18). The molecule has 1 N–H and O–H groups in total. The molecule has 0 bridgehead atoms. The summed E-state index contributed by atoms with van der Waals surface area (Å²) in [5, 5.41) is 7.15. The Labute approximate surface area is 106 Å². The molecular weight excluding hydrogens is 228 g/mol. The largest absolute Gasteiger partial charge is 0.325 e. The highest BCUT2D eigenvalue weighted by molar-refractivity contribution is 5.90. The van der Waals surface area contributed by atoms with Crippen molar-refractivity contribution >= 4 is 17.2 Å². The second-order valence-electron chi connectivity index (χ2n) is 4.49. The van der Waals surface area contributed by atoms with E-state index in [1.807, 2.05) is 19.9 Å². The fraction of sp³-hybridized carbons (Fsp3) is 0.462. The normalized spacial score (nSPS) is 10.8. The van der Waals surface area contributed by atoms with Crippen LogP contribution in [0.5, 0.6) is 0 Å². The van der Waals surface area contributed by atoms with Gasteiger partial charge < -0.3 is 5.32 Å². The average Bonchev–Trinajstić information content (AvgIpc) is 2.67. The Balaban J connectivity index is 2.21. The highest BCUT2D eigenvalue weighted by Gasteiger charge is 2.07. The topological polar surface area (TPSA) is 59.3 Å². The van der Waals surface area contributed by atoms with Crippen molar-refractivity contribution in [3.05, 3.63) is 23.7 Å². The third-order valence-corrected chi connectivity index (χ3v) is 2.76. The van der Waals surface area contributed by atoms with Crippen molar-refractivity contribution in [1.82, 2.24) is 14.6 Å². The van der Waals surface area contributed by atoms with Gasteiger partial charge in [-0.1, -0.05) is 13.3 Å². The number of rotatable bonds is 4. The highest BCUT2D eigenvalue weighted by atomic mass is 16.1. The highest BCUT2D eigenvalue weighted by Crippen LogP contribution is 2.15. The predicted octanol–water partition coefficient (Wildman–Crippen LogP) is 2.47. The lowest BCUT2D eigenvalue weighted by Gasteiger charge is -2.06. The number of aromatic nitrogens is 3. The Morgan fingerprint density at radius 3 is 2.94 bits per heavy atom. The fourth-order valence-electron chi connectivity index (χ4n) is 1.88. The van der Waals surface area contributed by atoms with Crippen LogP contribution in [0.3, 0.4) is 0 Å². The number of fused-ring (bicyclic) bond motifs is 1. The maximum Gasteiger partial charge on any atom is 0.224 e. The lowest BCUT2D eigenvalue weighted by atomic mass is 10.2. The third kappa shape index (κ3) is 2.67. The summed E-state index contributed by atoms with van der Waals surface area (Å²) in [6.45, 7) is 5.89. The van der Waals surface area contributed by atoms with E-state index >= 15 is 0 Å². The van der Waals surface area contributed by atoms with Gasteiger partial charge in [0.25, 0.3) is 0 Å². The summed E-state index contributed by atoms with van der Waals surface area (Å²) in [7, 11) is 0. The molecule has 0 aromatic carbocycles. The first kappa shape index (κ1) is 12.5. The van der Waals surface area contributed by atoms with Crippen LogP contribution < -0.4 is 5.32 Å². The maximum absolute atomic E-state index is 11.7. The second-order valence-corrected chi connectivity index (χ2v) is 4.49. The summed E-state index contributed by atoms with van der Waals surface area (Å²) >= 11 is 0. The van der Waals surface area contributed by atoms with Crippen molar-refractivity contribution in [3.8, 4) is 0 Å². The number of hydrogen-bond donors (Lipinski definition) is 1. The van der Waals surface area contributed by atoms with E-state index in [1.54, 1.807) is 10.7 Å². The molecule has 0 radical (unpaired) electrons. The van der Waals surface area contributed by atoms with Crippen LogP contribution in [0.2, 0.25) is 0 Å². The molecule has 0 saturated heterocycles. The van der Waals surface area contributed by atoms with Crippen LogP contribution in [0.15, 0.2) is 12.3 Å². The maximum atomic E-state index is 11.7. The molecule has 2 aromatic rings. The van der Waals surface area contributed by atoms with Crippen molar-refractivity contribution in [1.29, 1.82) is 0 Å². The van der Waals surface area contributed by atoms with E-state index in [4.69, 9.17) is 0 Å². The molecule has 2 rings (SSSR count). The van der Waals surface area contributed by atoms with Gasteiger partial charge in [0.05, 0.1) is 11.9 Å². The average molecular weight is 246 g/mol. The number of pyridine rings is 1. The van der Waals surface area contributed by atoms with Crippen molar-refractivity contribution in [2.45, 2.75) is 40.0 Å². The monoisotopic (exact) mass is 246 g/mol. The molecule has 5 nitrogen and oxygen atoms in total. The van der Waals surface area contributed by atoms with Gasteiger partial charge in [0.15, 0.2) is 5.65 Å². The van der Waals surface area contributed by atoms with Crippen LogP contribution in [0.1, 0.15) is 37.6 Å². The molecule has 0 atom stereocenters. The number of hydrogen-bond acceptors (Lipinski definition) is 3. The summed E-state index contributed by atoms with van der Waals surface area (Å²) in [6, 6.07) is 1.92. The van der Waals surface area contributed by atoms with Crippen LogP contribution >= 0.6 is 0 Å². The lowest BCUT2D eigenvalue weighted by Crippen LogP contribution is -2.11. The Bertz CT molecular complexity index is 574. The van der Waals surface area contributed by atoms with Gasteiger partial charge in [-0.3, -0.25) is 4.79 Å². The fourth-order valence-corrected chi connectivity index (χ4v) is 1.88. The number of amides is 1. The van der Waals surface area contributed by atoms with Gasteiger partial charge in [0.1, 0.15) is 5.82 Å². The first-order chi connectivity index (χ1) is 8.60. The Morgan fingerprint density at radius 1 is 1.44 bits per heavy atom. The SMILES string of the molecule is CCCCC(=O)Nc1cc(C)c2nc(C)nn2c1. The zero-order valence-electron chi connectivity index (χ0n) is 11.0. The summed E-state index contributed by atoms with van der Waals surface area (Å²) in [6.07, 6.45) is 4.29. The molecule has 0 spiro atoms. The molecule has 2 aromatic heterocycles. The van der Waals surface area contributed by atoms with Crippen molar-refractivity contribution in [2.24, 2.45) is 0 Å². The first-order valence-electron chi connectivity index (χ1n) is 6.23. The van der Waals surface area contributed by atoms with Gasteiger partial charge in [0.2, 0.25) is 5.91 Å². The van der Waals surface area contributed by atoms with E-state index in [2.05, 4.69) is 22.3 Å². The smallest absolute Gasteiger partial charge is 0.224 e. The Hall–Kier alpha value is -1.91. The molecule has 0 fully saturated rings. The minimum Gasteiger partial charge on any atom is -0.325 e. The van der Waals surface area contributed by atoms with Crippen molar-refractivity contribution in [3.63, 3.8) is 0 Å². The molecule has 0 aliphatic heterocycles. The van der Waals surface area contributed by atoms with Crippen LogP contribution in [0.4, 0.5) is 5.69 Å². The number of nitrogens with zero attached hydrogens (tertiary/aromatic N) is 3. The van der Waals surface area contributed by atoms with Crippen LogP contribution in [0.25, 0.3) is 5.65 Å². The molecule has 18 heavy (non-hydrogen) atoms. The van der Waals surface area contributed by atoms with Gasteiger partial charge in [-0.05, 0) is 31.9 Å². The van der Waals surface area contributed by atoms with E-state index in [0.717, 1.165) is 35.6 Å². The summed E-state index contributed by atoms with van der Waals surface area (Å²) < 4.78 is 1.71. The van der Waals surface area contributed by atoms with Gasteiger partial charge in [0, 0.05) is 6.42 Å². The van der Waals surface area contributed by atoms with Gasteiger partial charge in [-0.2, -0.15) is 5.10 Å². The van der Waals surface area contributed by atoms with Gasteiger partial charge in [-0.15, -0.1) is 0 Å². The molecular formula is C13H18N4O. The number of unbranched alkanes of at least 4 members (excludes halogenated alkanes) is 1. The van der Waals surface area contributed by atoms with Crippen LogP contribution in [-0.4, -0.2) is 20.5 Å². The number of nitrogens with one attached hydrogen (secondary N) is 1. The van der Waals surface area contributed by atoms with Crippen molar-refractivity contribution < 1.29 is 4.79 Å². The van der Waals surface area contributed by atoms with E-state index < -0.39 is 0 Å². The molecule has 0 aliphatic rings. The molecule has 5 heteroatoms. The number of aryl methyl sites for hydroxylation is 2. The zero-order chi connectivity index (χ0) is 13.1. The molecule has 1 amide bonds. The molecule has 0 aliphatic carbocycles. The zero-order valence-corrected chi connectivity index (χ0v) is 11.0. The summed E-state index contributed by atoms with van der Waals surface area (Å²) in [5.41, 5.74) is 2.61. The van der Waals surface area contributed by atoms with Crippen LogP contribution in [0, 0.1) is 13.8 Å². The summed E-state index contributed by atoms with van der Waals surface area (Å²) in [4.78, 5) is 16.0. The molecule has 2 heterocycles. The van der Waals surface area contributed by atoms with Crippen LogP contribution in [-0.2, 0) is 4.79 Å². The van der Waals surface area contributed by atoms with E-state index in [9.17, 15) is 4.79 Å². The quantitative estimate of drug-likeness (QED) is 0.901. The van der Waals surface area contributed by atoms with E-state index in [1.165, 1.54) is 0 Å². The predicted molar refractivity (Wildman–Crippen MR) is 70.6 cm³/mol. The Morgan fingerprint density at radius 2 is 2.22 bits per heavy atom. The van der Waals surface area contributed by atoms with E-state index in [-0.39, 0.29) is 5.91 Å². The molecule has 0 unspecified atom stereocenters. The summed E-state index contributed by atoms with van der Waals surface area (Å²) in [5.74, 6) is 0.778. The molecule has 0 saturated carbocycles. The minimum absolute atomic E-state index is 0.0486. The molecule has 96 valence electrons. The second kappa shape index (κ2) is 5.16. The van der Waals surface area contributed by atoms with Crippen molar-refractivity contribution in [2.75, 3.05) is 5.32 Å². The van der Waals surface area contributed by atoms with Gasteiger partial charge in [-0.25, -0.2) is 9.50 Å². The first-order valence-corrected chi connectivity index (χ1v) is 6.23. The number of carbonyl (C=O) groups excluding carboxylic acids is 1. The minimum atomic E-state index is 0.0486. The van der Waals surface area contributed by atoms with E-state index in [0.29, 0.717) is 6.42 Å². The lowest BCUT2D eigenvalue weighted by molar-refractivity contribution is -0.116. The number of anilines is 1. The van der Waals surface area contributed by atoms with Gasteiger partial charge >= 0.3 is 0 Å². The third-order valence-electron chi connectivity index (χ3n) is 2.76. The number of carbonyl (C=O) groups is 1.